The first-order valence-corrected chi connectivity index (χ1v) is 6.52. The maximum Gasteiger partial charge on any atom is 0.258 e. The number of aromatic nitrogens is 2. The molecule has 0 unspecified atom stereocenters. The van der Waals surface area contributed by atoms with E-state index in [2.05, 4.69) is 16.2 Å². The summed E-state index contributed by atoms with van der Waals surface area (Å²) >= 11 is 0. The molecule has 2 N–H and O–H groups in total. The van der Waals surface area contributed by atoms with Gasteiger partial charge in [0.25, 0.3) is 5.89 Å². The average Bonchev–Trinajstić information content (AvgIpc) is 2.86. The van der Waals surface area contributed by atoms with Crippen LogP contribution in [-0.2, 0) is 6.42 Å². The maximum atomic E-state index is 9.48. The number of benzene rings is 2. The van der Waals surface area contributed by atoms with Gasteiger partial charge in [-0.05, 0) is 24.6 Å². The summed E-state index contributed by atoms with van der Waals surface area (Å²) in [5.41, 5.74) is 2.76. The third-order valence-corrected chi connectivity index (χ3v) is 3.06. The molecule has 0 atom stereocenters. The zero-order valence-corrected chi connectivity index (χ0v) is 11.4. The van der Waals surface area contributed by atoms with E-state index in [0.29, 0.717) is 17.8 Å². The molecule has 106 valence electrons. The molecule has 5 nitrogen and oxygen atoms in total. The Hall–Kier alpha value is -2.82. The molecule has 21 heavy (non-hydrogen) atoms. The SMILES string of the molecule is Cc1cccc(Cc2noc(-c3cc(O)cc(O)c3)n2)c1. The highest BCUT2D eigenvalue weighted by Gasteiger charge is 2.11. The minimum absolute atomic E-state index is 0.0524. The first kappa shape index (κ1) is 13.2. The van der Waals surface area contributed by atoms with Crippen molar-refractivity contribution in [3.05, 3.63) is 59.4 Å². The van der Waals surface area contributed by atoms with Gasteiger partial charge in [0.15, 0.2) is 5.82 Å². The van der Waals surface area contributed by atoms with E-state index in [1.807, 2.05) is 25.1 Å². The Balaban J connectivity index is 1.86. The van der Waals surface area contributed by atoms with Gasteiger partial charge in [0.05, 0.1) is 0 Å². The highest BCUT2D eigenvalue weighted by atomic mass is 16.5. The van der Waals surface area contributed by atoms with Crippen LogP contribution in [0.25, 0.3) is 11.5 Å². The largest absolute Gasteiger partial charge is 0.508 e. The fourth-order valence-corrected chi connectivity index (χ4v) is 2.17. The van der Waals surface area contributed by atoms with Crippen molar-refractivity contribution < 1.29 is 14.7 Å². The normalized spacial score (nSPS) is 10.7. The van der Waals surface area contributed by atoms with Crippen LogP contribution in [0.5, 0.6) is 11.5 Å². The van der Waals surface area contributed by atoms with E-state index >= 15 is 0 Å². The summed E-state index contributed by atoms with van der Waals surface area (Å²) in [4.78, 5) is 4.29. The highest BCUT2D eigenvalue weighted by molar-refractivity contribution is 5.58. The van der Waals surface area contributed by atoms with E-state index in [-0.39, 0.29) is 17.4 Å². The zero-order chi connectivity index (χ0) is 14.8. The van der Waals surface area contributed by atoms with Gasteiger partial charge in [-0.2, -0.15) is 4.98 Å². The van der Waals surface area contributed by atoms with Crippen LogP contribution in [0.2, 0.25) is 0 Å². The lowest BCUT2D eigenvalue weighted by Gasteiger charge is -1.98. The van der Waals surface area contributed by atoms with Gasteiger partial charge in [-0.1, -0.05) is 35.0 Å². The number of aromatic hydroxyl groups is 2. The standard InChI is InChI=1S/C16H14N2O3/c1-10-3-2-4-11(5-10)6-15-17-16(21-18-15)12-7-13(19)9-14(20)8-12/h2-5,7-9,19-20H,6H2,1H3. The van der Waals surface area contributed by atoms with Crippen LogP contribution in [0.3, 0.4) is 0 Å². The number of hydrogen-bond acceptors (Lipinski definition) is 5. The molecule has 3 rings (SSSR count). The van der Waals surface area contributed by atoms with Crippen LogP contribution in [0.4, 0.5) is 0 Å². The number of rotatable bonds is 3. The van der Waals surface area contributed by atoms with Crippen molar-refractivity contribution >= 4 is 0 Å². The molecule has 1 aromatic heterocycles. The van der Waals surface area contributed by atoms with Crippen LogP contribution in [0.15, 0.2) is 47.0 Å². The minimum Gasteiger partial charge on any atom is -0.508 e. The smallest absolute Gasteiger partial charge is 0.258 e. The Labute approximate surface area is 121 Å². The molecular formula is C16H14N2O3. The molecule has 0 fully saturated rings. The summed E-state index contributed by atoms with van der Waals surface area (Å²) in [7, 11) is 0. The van der Waals surface area contributed by atoms with E-state index in [1.165, 1.54) is 23.8 Å². The van der Waals surface area contributed by atoms with Crippen molar-refractivity contribution in [1.82, 2.24) is 10.1 Å². The van der Waals surface area contributed by atoms with Crippen molar-refractivity contribution in [1.29, 1.82) is 0 Å². The summed E-state index contributed by atoms with van der Waals surface area (Å²) in [6.07, 6.45) is 0.565. The molecule has 0 saturated carbocycles. The van der Waals surface area contributed by atoms with Gasteiger partial charge in [-0.3, -0.25) is 0 Å². The number of hydrogen-bond donors (Lipinski definition) is 2. The van der Waals surface area contributed by atoms with Gasteiger partial charge < -0.3 is 14.7 Å². The highest BCUT2D eigenvalue weighted by Crippen LogP contribution is 2.27. The lowest BCUT2D eigenvalue weighted by atomic mass is 10.1. The molecule has 0 amide bonds. The van der Waals surface area contributed by atoms with E-state index in [0.717, 1.165) is 5.56 Å². The number of phenolic OH excluding ortho intramolecular Hbond substituents is 2. The maximum absolute atomic E-state index is 9.48. The van der Waals surface area contributed by atoms with E-state index in [1.54, 1.807) is 0 Å². The summed E-state index contributed by atoms with van der Waals surface area (Å²) < 4.78 is 5.18. The number of aryl methyl sites for hydroxylation is 1. The molecule has 0 aliphatic heterocycles. The van der Waals surface area contributed by atoms with Gasteiger partial charge in [0.1, 0.15) is 11.5 Å². The molecule has 0 aliphatic carbocycles. The quantitative estimate of drug-likeness (QED) is 0.771. The van der Waals surface area contributed by atoms with Crippen LogP contribution in [-0.4, -0.2) is 20.4 Å². The molecule has 5 heteroatoms. The number of nitrogens with zero attached hydrogens (tertiary/aromatic N) is 2. The summed E-state index contributed by atoms with van der Waals surface area (Å²) in [6, 6.07) is 12.2. The summed E-state index contributed by atoms with van der Waals surface area (Å²) in [5, 5.41) is 22.9. The monoisotopic (exact) mass is 282 g/mol. The predicted octanol–water partition coefficient (Wildman–Crippen LogP) is 3.05. The molecule has 3 aromatic rings. The molecule has 0 aliphatic rings. The lowest BCUT2D eigenvalue weighted by Crippen LogP contribution is -1.91. The van der Waals surface area contributed by atoms with Gasteiger partial charge in [0, 0.05) is 18.1 Å². The summed E-state index contributed by atoms with van der Waals surface area (Å²) in [6.45, 7) is 2.03. The minimum atomic E-state index is -0.0524. The Morgan fingerprint density at radius 1 is 1.05 bits per heavy atom. The molecule has 2 aromatic carbocycles. The van der Waals surface area contributed by atoms with Crippen LogP contribution in [0, 0.1) is 6.92 Å². The Morgan fingerprint density at radius 3 is 2.52 bits per heavy atom. The third-order valence-electron chi connectivity index (χ3n) is 3.06. The summed E-state index contributed by atoms with van der Waals surface area (Å²) in [5.74, 6) is 0.717. The lowest BCUT2D eigenvalue weighted by molar-refractivity contribution is 0.421. The number of phenols is 2. The predicted molar refractivity (Wildman–Crippen MR) is 77.0 cm³/mol. The molecule has 0 spiro atoms. The van der Waals surface area contributed by atoms with Crippen molar-refractivity contribution in [2.45, 2.75) is 13.3 Å². The van der Waals surface area contributed by atoms with Crippen molar-refractivity contribution in [2.24, 2.45) is 0 Å². The zero-order valence-electron chi connectivity index (χ0n) is 11.4. The Kier molecular flexibility index (Phi) is 3.31. The van der Waals surface area contributed by atoms with E-state index in [4.69, 9.17) is 4.52 Å². The van der Waals surface area contributed by atoms with Gasteiger partial charge >= 0.3 is 0 Å². The Morgan fingerprint density at radius 2 is 1.81 bits per heavy atom. The first-order chi connectivity index (χ1) is 10.1. The first-order valence-electron chi connectivity index (χ1n) is 6.52. The molecular weight excluding hydrogens is 268 g/mol. The van der Waals surface area contributed by atoms with Gasteiger partial charge in [0.2, 0.25) is 0 Å². The molecule has 0 radical (unpaired) electrons. The van der Waals surface area contributed by atoms with Crippen LogP contribution >= 0.6 is 0 Å². The van der Waals surface area contributed by atoms with E-state index in [9.17, 15) is 10.2 Å². The molecule has 1 heterocycles. The second-order valence-electron chi connectivity index (χ2n) is 4.92. The molecule has 0 bridgehead atoms. The second kappa shape index (κ2) is 5.28. The van der Waals surface area contributed by atoms with Crippen molar-refractivity contribution in [2.75, 3.05) is 0 Å². The fourth-order valence-electron chi connectivity index (χ4n) is 2.17. The third kappa shape index (κ3) is 3.02. The van der Waals surface area contributed by atoms with E-state index < -0.39 is 0 Å². The van der Waals surface area contributed by atoms with Crippen molar-refractivity contribution in [3.8, 4) is 23.0 Å². The van der Waals surface area contributed by atoms with Crippen molar-refractivity contribution in [3.63, 3.8) is 0 Å². The molecule has 0 saturated heterocycles. The van der Waals surface area contributed by atoms with Gasteiger partial charge in [-0.25, -0.2) is 0 Å². The average molecular weight is 282 g/mol. The van der Waals surface area contributed by atoms with Crippen LogP contribution < -0.4 is 0 Å². The second-order valence-corrected chi connectivity index (χ2v) is 4.92. The van der Waals surface area contributed by atoms with Gasteiger partial charge in [-0.15, -0.1) is 0 Å². The Bertz CT molecular complexity index is 760. The van der Waals surface area contributed by atoms with Crippen LogP contribution in [0.1, 0.15) is 17.0 Å². The fraction of sp³-hybridized carbons (Fsp3) is 0.125. The topological polar surface area (TPSA) is 79.4 Å².